The zero-order chi connectivity index (χ0) is 14.3. The molecule has 0 aliphatic carbocycles. The first kappa shape index (κ1) is 15.5. The van der Waals surface area contributed by atoms with Gasteiger partial charge in [0.05, 0.1) is 7.11 Å². The van der Waals surface area contributed by atoms with Gasteiger partial charge in [-0.15, -0.1) is 0 Å². The minimum absolute atomic E-state index is 0.474. The first-order valence-electron chi connectivity index (χ1n) is 6.72. The molecule has 1 rings (SSSR count). The molecule has 0 aliphatic heterocycles. The average Bonchev–Trinajstić information content (AvgIpc) is 2.46. The predicted octanol–water partition coefficient (Wildman–Crippen LogP) is 5.19. The van der Waals surface area contributed by atoms with Crippen molar-refractivity contribution in [3.8, 4) is 5.75 Å². The van der Waals surface area contributed by atoms with E-state index in [1.807, 2.05) is 24.3 Å². The molecule has 0 fully saturated rings. The van der Waals surface area contributed by atoms with E-state index in [1.165, 1.54) is 11.6 Å². The summed E-state index contributed by atoms with van der Waals surface area (Å²) in [6.45, 7) is 6.39. The van der Waals surface area contributed by atoms with Gasteiger partial charge < -0.3 is 4.74 Å². The van der Waals surface area contributed by atoms with Gasteiger partial charge in [0.1, 0.15) is 5.75 Å². The van der Waals surface area contributed by atoms with Gasteiger partial charge in [0.2, 0.25) is 0 Å². The van der Waals surface area contributed by atoms with Gasteiger partial charge >= 0.3 is 0 Å². The topological polar surface area (TPSA) is 9.23 Å². The summed E-state index contributed by atoms with van der Waals surface area (Å²) in [5.74, 6) is 1.28. The Morgan fingerprint density at radius 3 is 2.26 bits per heavy atom. The van der Waals surface area contributed by atoms with Gasteiger partial charge in [-0.05, 0) is 55.0 Å². The monoisotopic (exact) mass is 261 g/mol. The van der Waals surface area contributed by atoms with Crippen LogP contribution in [-0.4, -0.2) is 7.11 Å². The van der Waals surface area contributed by atoms with Crippen LogP contribution >= 0.6 is 0 Å². The minimum Gasteiger partial charge on any atom is -0.497 e. The summed E-state index contributed by atoms with van der Waals surface area (Å²) in [5, 5.41) is 0. The van der Waals surface area contributed by atoms with E-state index in [9.17, 15) is 4.39 Å². The molecular formula is C17H22FO. The van der Waals surface area contributed by atoms with E-state index in [0.717, 1.165) is 29.7 Å². The van der Waals surface area contributed by atoms with Gasteiger partial charge in [0.25, 0.3) is 0 Å². The quantitative estimate of drug-likeness (QED) is 0.640. The van der Waals surface area contributed by atoms with E-state index in [4.69, 9.17) is 4.74 Å². The first-order valence-corrected chi connectivity index (χ1v) is 6.72. The number of hydrogen-bond acceptors (Lipinski definition) is 1. The van der Waals surface area contributed by atoms with Gasteiger partial charge in [-0.2, -0.15) is 0 Å². The van der Waals surface area contributed by atoms with E-state index < -0.39 is 0 Å². The lowest BCUT2D eigenvalue weighted by atomic mass is 9.88. The zero-order valence-electron chi connectivity index (χ0n) is 12.2. The van der Waals surface area contributed by atoms with Gasteiger partial charge in [0, 0.05) is 0 Å². The molecule has 0 aromatic heterocycles. The predicted molar refractivity (Wildman–Crippen MR) is 78.6 cm³/mol. The average molecular weight is 261 g/mol. The second kappa shape index (κ2) is 7.78. The molecule has 1 radical (unpaired) electrons. The molecule has 0 aliphatic rings. The lowest BCUT2D eigenvalue weighted by Crippen LogP contribution is -2.01. The number of methoxy groups -OCH3 is 1. The molecule has 2 heteroatoms. The maximum Gasteiger partial charge on any atom is 0.159 e. The number of hydrogen-bond donors (Lipinski definition) is 0. The largest absolute Gasteiger partial charge is 0.497 e. The Morgan fingerprint density at radius 1 is 1.26 bits per heavy atom. The highest BCUT2D eigenvalue weighted by atomic mass is 19.1. The van der Waals surface area contributed by atoms with Crippen LogP contribution in [0.15, 0.2) is 35.9 Å². The molecule has 0 spiro atoms. The van der Waals surface area contributed by atoms with Crippen LogP contribution in [0, 0.1) is 12.2 Å². The van der Waals surface area contributed by atoms with Crippen LogP contribution in [0.3, 0.4) is 0 Å². The normalized spacial score (nSPS) is 12.9. The summed E-state index contributed by atoms with van der Waals surface area (Å²) in [4.78, 5) is 0. The summed E-state index contributed by atoms with van der Waals surface area (Å²) in [7, 11) is 1.64. The Hall–Kier alpha value is -1.57. The van der Waals surface area contributed by atoms with E-state index in [0.29, 0.717) is 5.92 Å². The van der Waals surface area contributed by atoms with Crippen LogP contribution in [0.1, 0.15) is 39.2 Å². The van der Waals surface area contributed by atoms with Gasteiger partial charge in [-0.25, -0.2) is 4.39 Å². The van der Waals surface area contributed by atoms with E-state index in [-0.39, 0.29) is 0 Å². The SMILES string of the molecule is CCC(CC)/C(C)=C(\C=[C]\F)c1ccc(OC)cc1. The summed E-state index contributed by atoms with van der Waals surface area (Å²) < 4.78 is 17.7. The molecule has 1 aromatic carbocycles. The van der Waals surface area contributed by atoms with Crippen molar-refractivity contribution in [1.82, 2.24) is 0 Å². The Balaban J connectivity index is 3.21. The molecule has 0 amide bonds. The van der Waals surface area contributed by atoms with Crippen molar-refractivity contribution in [1.29, 1.82) is 0 Å². The number of rotatable bonds is 6. The van der Waals surface area contributed by atoms with Crippen LogP contribution in [0.2, 0.25) is 0 Å². The third-order valence-electron chi connectivity index (χ3n) is 3.62. The van der Waals surface area contributed by atoms with E-state index in [2.05, 4.69) is 20.8 Å². The van der Waals surface area contributed by atoms with Crippen molar-refractivity contribution in [2.45, 2.75) is 33.6 Å². The second-order valence-corrected chi connectivity index (χ2v) is 4.59. The number of ether oxygens (including phenoxy) is 1. The van der Waals surface area contributed by atoms with Gasteiger partial charge in [-0.1, -0.05) is 31.6 Å². The van der Waals surface area contributed by atoms with E-state index in [1.54, 1.807) is 13.4 Å². The zero-order valence-corrected chi connectivity index (χ0v) is 12.2. The second-order valence-electron chi connectivity index (χ2n) is 4.59. The lowest BCUT2D eigenvalue weighted by Gasteiger charge is -2.17. The molecule has 0 saturated carbocycles. The summed E-state index contributed by atoms with van der Waals surface area (Å²) in [6, 6.07) is 7.69. The molecule has 0 saturated heterocycles. The van der Waals surface area contributed by atoms with Crippen molar-refractivity contribution in [3.63, 3.8) is 0 Å². The van der Waals surface area contributed by atoms with Crippen molar-refractivity contribution < 1.29 is 9.13 Å². The molecule has 0 atom stereocenters. The maximum absolute atomic E-state index is 12.5. The van der Waals surface area contributed by atoms with Crippen molar-refractivity contribution in [2.24, 2.45) is 5.92 Å². The Bertz CT molecular complexity index is 439. The highest BCUT2D eigenvalue weighted by Gasteiger charge is 2.11. The summed E-state index contributed by atoms with van der Waals surface area (Å²) >= 11 is 0. The standard InChI is InChI=1S/C17H22FO/c1-5-14(6-2)13(3)17(11-12-18)15-7-9-16(19-4)10-8-15/h7-11,14H,5-6H2,1-4H3/b12-11?,17-13+. The van der Waals surface area contributed by atoms with Gasteiger partial charge in [-0.3, -0.25) is 0 Å². The fourth-order valence-electron chi connectivity index (χ4n) is 2.37. The molecule has 1 aromatic rings. The van der Waals surface area contributed by atoms with Crippen LogP contribution in [0.4, 0.5) is 4.39 Å². The number of halogens is 1. The molecule has 0 N–H and O–H groups in total. The summed E-state index contributed by atoms with van der Waals surface area (Å²) in [6.07, 6.45) is 5.21. The highest BCUT2D eigenvalue weighted by molar-refractivity contribution is 5.76. The van der Waals surface area contributed by atoms with Crippen LogP contribution < -0.4 is 4.74 Å². The number of allylic oxidation sites excluding steroid dienone is 3. The fourth-order valence-corrected chi connectivity index (χ4v) is 2.37. The minimum atomic E-state index is 0.474. The molecule has 1 nitrogen and oxygen atoms in total. The molecule has 0 unspecified atom stereocenters. The molecule has 0 heterocycles. The number of benzene rings is 1. The molecule has 103 valence electrons. The lowest BCUT2D eigenvalue weighted by molar-refractivity contribution is 0.415. The van der Waals surface area contributed by atoms with Crippen LogP contribution in [0.25, 0.3) is 5.57 Å². The van der Waals surface area contributed by atoms with Crippen molar-refractivity contribution in [2.75, 3.05) is 7.11 Å². The van der Waals surface area contributed by atoms with Crippen LogP contribution in [-0.2, 0) is 0 Å². The van der Waals surface area contributed by atoms with Crippen molar-refractivity contribution in [3.05, 3.63) is 47.8 Å². The third kappa shape index (κ3) is 3.95. The Morgan fingerprint density at radius 2 is 1.84 bits per heavy atom. The van der Waals surface area contributed by atoms with E-state index >= 15 is 0 Å². The first-order chi connectivity index (χ1) is 9.17. The Labute approximate surface area is 115 Å². The highest BCUT2D eigenvalue weighted by Crippen LogP contribution is 2.29. The third-order valence-corrected chi connectivity index (χ3v) is 3.62. The molecule has 19 heavy (non-hydrogen) atoms. The maximum atomic E-state index is 12.5. The Kier molecular flexibility index (Phi) is 6.34. The summed E-state index contributed by atoms with van der Waals surface area (Å²) in [5.41, 5.74) is 3.12. The van der Waals surface area contributed by atoms with Crippen molar-refractivity contribution >= 4 is 5.57 Å². The smallest absolute Gasteiger partial charge is 0.159 e. The molecular weight excluding hydrogens is 239 g/mol. The fraction of sp³-hybridized carbons (Fsp3) is 0.412. The molecule has 0 bridgehead atoms. The van der Waals surface area contributed by atoms with Gasteiger partial charge in [0.15, 0.2) is 6.33 Å². The van der Waals surface area contributed by atoms with Crippen LogP contribution in [0.5, 0.6) is 5.75 Å².